The Morgan fingerprint density at radius 2 is 1.79 bits per heavy atom. The van der Waals surface area contributed by atoms with Crippen LogP contribution in [0.4, 0.5) is 0 Å². The molecule has 4 nitrogen and oxygen atoms in total. The second-order valence-electron chi connectivity index (χ2n) is 7.88. The Bertz CT molecular complexity index is 558. The van der Waals surface area contributed by atoms with Crippen molar-refractivity contribution in [3.63, 3.8) is 0 Å². The van der Waals surface area contributed by atoms with Crippen molar-refractivity contribution in [3.05, 3.63) is 35.9 Å². The van der Waals surface area contributed by atoms with Gasteiger partial charge >= 0.3 is 5.97 Å². The molecule has 24 heavy (non-hydrogen) atoms. The molecule has 4 unspecified atom stereocenters. The first-order chi connectivity index (χ1) is 11.5. The van der Waals surface area contributed by atoms with Gasteiger partial charge in [-0.1, -0.05) is 30.3 Å². The number of esters is 1. The predicted octanol–water partition coefficient (Wildman–Crippen LogP) is 2.85. The lowest BCUT2D eigenvalue weighted by atomic mass is 9.94. The Balaban J connectivity index is 1.66. The van der Waals surface area contributed by atoms with Crippen molar-refractivity contribution in [1.29, 1.82) is 0 Å². The number of quaternary nitrogens is 1. The number of carbonyl (C=O) groups is 1. The van der Waals surface area contributed by atoms with E-state index in [1.165, 1.54) is 12.8 Å². The largest absolute Gasteiger partial charge is 0.461 e. The van der Waals surface area contributed by atoms with Crippen LogP contribution in [0.15, 0.2) is 30.3 Å². The van der Waals surface area contributed by atoms with E-state index < -0.39 is 5.92 Å². The van der Waals surface area contributed by atoms with Crippen molar-refractivity contribution in [3.8, 4) is 0 Å². The van der Waals surface area contributed by atoms with Gasteiger partial charge in [0.1, 0.15) is 12.0 Å². The average Bonchev–Trinajstić information content (AvgIpc) is 2.74. The van der Waals surface area contributed by atoms with Crippen LogP contribution in [0.3, 0.4) is 0 Å². The summed E-state index contributed by atoms with van der Waals surface area (Å²) in [7, 11) is 2.37. The minimum atomic E-state index is -0.572. The first-order valence-corrected chi connectivity index (χ1v) is 9.18. The van der Waals surface area contributed by atoms with Crippen LogP contribution < -0.4 is 0 Å². The molecule has 0 radical (unpaired) electrons. The van der Waals surface area contributed by atoms with E-state index in [-0.39, 0.29) is 18.7 Å². The third-order valence-corrected chi connectivity index (χ3v) is 6.54. The summed E-state index contributed by atoms with van der Waals surface area (Å²) < 4.78 is 6.96. The fourth-order valence-electron chi connectivity index (χ4n) is 4.82. The number of rotatable bonds is 5. The number of hydrogen-bond donors (Lipinski definition) is 1. The van der Waals surface area contributed by atoms with Crippen molar-refractivity contribution in [2.75, 3.05) is 13.7 Å². The maximum atomic E-state index is 12.6. The Labute approximate surface area is 145 Å². The Hall–Kier alpha value is -1.39. The third-order valence-electron chi connectivity index (χ3n) is 6.54. The molecule has 0 aliphatic carbocycles. The molecule has 132 valence electrons. The molecule has 1 N–H and O–H groups in total. The molecule has 0 saturated carbocycles. The number of piperidine rings is 1. The Morgan fingerprint density at radius 3 is 2.29 bits per heavy atom. The molecule has 3 rings (SSSR count). The number of fused-ring (bicyclic) bond motifs is 2. The van der Waals surface area contributed by atoms with Gasteiger partial charge in [0.25, 0.3) is 0 Å². The van der Waals surface area contributed by atoms with Crippen LogP contribution in [0.1, 0.15) is 51.0 Å². The molecule has 2 aliphatic heterocycles. The molecule has 1 aromatic rings. The zero-order valence-corrected chi connectivity index (χ0v) is 15.0. The number of hydrogen-bond acceptors (Lipinski definition) is 3. The quantitative estimate of drug-likeness (QED) is 0.666. The van der Waals surface area contributed by atoms with Crippen molar-refractivity contribution in [2.24, 2.45) is 0 Å². The summed E-state index contributed by atoms with van der Waals surface area (Å²) in [4.78, 5) is 12.6. The van der Waals surface area contributed by atoms with Gasteiger partial charge in [-0.2, -0.15) is 0 Å². The van der Waals surface area contributed by atoms with Crippen molar-refractivity contribution < 1.29 is 19.1 Å². The van der Waals surface area contributed by atoms with Crippen LogP contribution in [-0.2, 0) is 9.53 Å². The van der Waals surface area contributed by atoms with Crippen molar-refractivity contribution in [2.45, 2.75) is 69.7 Å². The highest BCUT2D eigenvalue weighted by molar-refractivity contribution is 5.78. The summed E-state index contributed by atoms with van der Waals surface area (Å²) in [6.07, 6.45) is 4.36. The molecule has 5 atom stereocenters. The van der Waals surface area contributed by atoms with Gasteiger partial charge in [0.2, 0.25) is 0 Å². The Morgan fingerprint density at radius 1 is 1.21 bits per heavy atom. The normalized spacial score (nSPS) is 33.5. The van der Waals surface area contributed by atoms with Crippen LogP contribution >= 0.6 is 0 Å². The van der Waals surface area contributed by atoms with E-state index >= 15 is 0 Å². The molecule has 0 spiro atoms. The zero-order valence-electron chi connectivity index (χ0n) is 15.0. The van der Waals surface area contributed by atoms with Gasteiger partial charge in [-0.3, -0.25) is 4.79 Å². The molecule has 2 saturated heterocycles. The van der Waals surface area contributed by atoms with E-state index in [4.69, 9.17) is 4.74 Å². The lowest BCUT2D eigenvalue weighted by molar-refractivity contribution is -0.968. The van der Waals surface area contributed by atoms with Gasteiger partial charge in [0, 0.05) is 25.7 Å². The van der Waals surface area contributed by atoms with Crippen LogP contribution in [0.25, 0.3) is 0 Å². The molecule has 2 heterocycles. The molecular weight excluding hydrogens is 302 g/mol. The average molecular weight is 332 g/mol. The molecular formula is C20H30NO3+. The van der Waals surface area contributed by atoms with E-state index in [1.54, 1.807) is 0 Å². The minimum absolute atomic E-state index is 0.00212. The fraction of sp³-hybridized carbons (Fsp3) is 0.650. The van der Waals surface area contributed by atoms with Crippen molar-refractivity contribution in [1.82, 2.24) is 0 Å². The highest BCUT2D eigenvalue weighted by Gasteiger charge is 2.53. The number of nitrogens with zero attached hydrogens (tertiary/aromatic N) is 1. The van der Waals surface area contributed by atoms with E-state index in [0.29, 0.717) is 18.1 Å². The Kier molecular flexibility index (Phi) is 4.97. The highest BCUT2D eigenvalue weighted by Crippen LogP contribution is 2.44. The van der Waals surface area contributed by atoms with Gasteiger partial charge in [0.15, 0.2) is 0 Å². The molecule has 0 aromatic heterocycles. The lowest BCUT2D eigenvalue weighted by Crippen LogP contribution is -2.62. The molecule has 4 heteroatoms. The third kappa shape index (κ3) is 2.98. The van der Waals surface area contributed by atoms with E-state index in [9.17, 15) is 9.90 Å². The monoisotopic (exact) mass is 332 g/mol. The molecule has 2 fully saturated rings. The summed E-state index contributed by atoms with van der Waals surface area (Å²) in [5, 5.41) is 9.65. The summed E-state index contributed by atoms with van der Waals surface area (Å²) in [6.45, 7) is 4.39. The van der Waals surface area contributed by atoms with Crippen LogP contribution in [0.5, 0.6) is 0 Å². The first-order valence-electron chi connectivity index (χ1n) is 9.18. The van der Waals surface area contributed by atoms with Gasteiger partial charge in [-0.05, 0) is 19.4 Å². The van der Waals surface area contributed by atoms with E-state index in [0.717, 1.165) is 22.9 Å². The maximum absolute atomic E-state index is 12.6. The van der Waals surface area contributed by atoms with Crippen LogP contribution in [0, 0.1) is 0 Å². The van der Waals surface area contributed by atoms with Crippen molar-refractivity contribution >= 4 is 5.97 Å². The minimum Gasteiger partial charge on any atom is -0.461 e. The molecule has 2 bridgehead atoms. The fourth-order valence-corrected chi connectivity index (χ4v) is 4.82. The van der Waals surface area contributed by atoms with Gasteiger partial charge in [0.05, 0.1) is 31.8 Å². The lowest BCUT2D eigenvalue weighted by Gasteiger charge is -2.49. The maximum Gasteiger partial charge on any atom is 0.316 e. The molecule has 0 amide bonds. The summed E-state index contributed by atoms with van der Waals surface area (Å²) in [6, 6.07) is 11.2. The summed E-state index contributed by atoms with van der Waals surface area (Å²) >= 11 is 0. The smallest absolute Gasteiger partial charge is 0.316 e. The standard InChI is InChI=1S/C20H30NO3/c1-14(2)21(3)16-9-10-17(21)12-18(11-16)24-20(23)19(13-22)15-7-5-4-6-8-15/h4-8,14,16-19,22H,9-13H2,1-3H3/q+1/t16-,17?,18?,19?,21?/m0/s1. The van der Waals surface area contributed by atoms with Gasteiger partial charge < -0.3 is 14.3 Å². The number of aliphatic hydroxyl groups excluding tert-OH is 1. The predicted molar refractivity (Wildman–Crippen MR) is 93.5 cm³/mol. The highest BCUT2D eigenvalue weighted by atomic mass is 16.5. The molecule has 1 aromatic carbocycles. The number of benzene rings is 1. The topological polar surface area (TPSA) is 46.5 Å². The molecule has 2 aliphatic rings. The van der Waals surface area contributed by atoms with Crippen LogP contribution in [-0.4, -0.2) is 53.4 Å². The number of carbonyl (C=O) groups excluding carboxylic acids is 1. The number of ether oxygens (including phenoxy) is 1. The SMILES string of the molecule is CC(C)[N+]1(C)C2CC[C@H]1CC(OC(=O)C(CO)c1ccccc1)C2. The van der Waals surface area contributed by atoms with Gasteiger partial charge in [-0.25, -0.2) is 0 Å². The van der Waals surface area contributed by atoms with Gasteiger partial charge in [-0.15, -0.1) is 0 Å². The summed E-state index contributed by atoms with van der Waals surface area (Å²) in [5.74, 6) is -0.856. The zero-order chi connectivity index (χ0) is 17.3. The second kappa shape index (κ2) is 6.85. The summed E-state index contributed by atoms with van der Waals surface area (Å²) in [5.41, 5.74) is 0.826. The number of aliphatic hydroxyl groups is 1. The first kappa shape index (κ1) is 17.4. The van der Waals surface area contributed by atoms with E-state index in [2.05, 4.69) is 20.9 Å². The van der Waals surface area contributed by atoms with Crippen LogP contribution in [0.2, 0.25) is 0 Å². The van der Waals surface area contributed by atoms with E-state index in [1.807, 2.05) is 30.3 Å². The second-order valence-corrected chi connectivity index (χ2v) is 7.88.